The number of nitrogens with one attached hydrogen (secondary N) is 2. The number of halogens is 3. The van der Waals surface area contributed by atoms with E-state index in [0.717, 1.165) is 49.9 Å². The van der Waals surface area contributed by atoms with Crippen LogP contribution in [-0.2, 0) is 19.5 Å². The van der Waals surface area contributed by atoms with Crippen LogP contribution >= 0.6 is 58.5 Å². The van der Waals surface area contributed by atoms with Gasteiger partial charge in [-0.2, -0.15) is 0 Å². The molecule has 1 saturated heterocycles. The molecule has 1 fully saturated rings. The van der Waals surface area contributed by atoms with Crippen molar-refractivity contribution < 1.29 is 0 Å². The van der Waals surface area contributed by atoms with Gasteiger partial charge in [-0.3, -0.25) is 9.89 Å². The third-order valence-electron chi connectivity index (χ3n) is 4.90. The van der Waals surface area contributed by atoms with Gasteiger partial charge < -0.3 is 10.6 Å². The second kappa shape index (κ2) is 12.3. The molecule has 0 bridgehead atoms. The van der Waals surface area contributed by atoms with Crippen molar-refractivity contribution in [2.45, 2.75) is 45.3 Å². The van der Waals surface area contributed by atoms with Crippen LogP contribution in [0.2, 0.25) is 10.0 Å². The lowest BCUT2D eigenvalue weighted by molar-refractivity contribution is 0.198. The molecule has 0 radical (unpaired) electrons. The SMILES string of the molecule is CCc1cnc(CNC(=NC)NC2CCN(Cc3ccc(Cl)c(Cl)c3)CC2)s1.I. The molecule has 2 aromatic rings. The summed E-state index contributed by atoms with van der Waals surface area (Å²) in [5.74, 6) is 0.844. The molecular weight excluding hydrogens is 540 g/mol. The fourth-order valence-electron chi connectivity index (χ4n) is 3.27. The third-order valence-corrected chi connectivity index (χ3v) is 6.78. The smallest absolute Gasteiger partial charge is 0.191 e. The van der Waals surface area contributed by atoms with Gasteiger partial charge in [0.15, 0.2) is 5.96 Å². The van der Waals surface area contributed by atoms with Crippen LogP contribution in [0.1, 0.15) is 35.2 Å². The molecule has 3 rings (SSSR count). The molecule has 0 saturated carbocycles. The van der Waals surface area contributed by atoms with Crippen LogP contribution in [0.15, 0.2) is 29.4 Å². The van der Waals surface area contributed by atoms with Crippen molar-refractivity contribution in [1.82, 2.24) is 20.5 Å². The van der Waals surface area contributed by atoms with Gasteiger partial charge in [-0.15, -0.1) is 35.3 Å². The lowest BCUT2D eigenvalue weighted by Gasteiger charge is -2.33. The number of hydrogen-bond acceptors (Lipinski definition) is 4. The lowest BCUT2D eigenvalue weighted by Crippen LogP contribution is -2.48. The van der Waals surface area contributed by atoms with Gasteiger partial charge in [-0.1, -0.05) is 36.2 Å². The van der Waals surface area contributed by atoms with E-state index >= 15 is 0 Å². The first-order valence-electron chi connectivity index (χ1n) is 9.64. The van der Waals surface area contributed by atoms with Crippen molar-refractivity contribution >= 4 is 64.5 Å². The van der Waals surface area contributed by atoms with Crippen molar-refractivity contribution in [2.24, 2.45) is 4.99 Å². The molecule has 1 aromatic carbocycles. The first-order valence-corrected chi connectivity index (χ1v) is 11.2. The first-order chi connectivity index (χ1) is 13.6. The van der Waals surface area contributed by atoms with Gasteiger partial charge in [-0.25, -0.2) is 4.98 Å². The summed E-state index contributed by atoms with van der Waals surface area (Å²) >= 11 is 13.9. The van der Waals surface area contributed by atoms with Gasteiger partial charge in [0.25, 0.3) is 0 Å². The molecular formula is C20H28Cl2IN5S. The molecule has 0 spiro atoms. The number of benzene rings is 1. The van der Waals surface area contributed by atoms with Crippen LogP contribution in [0, 0.1) is 0 Å². The summed E-state index contributed by atoms with van der Waals surface area (Å²) in [7, 11) is 1.81. The lowest BCUT2D eigenvalue weighted by atomic mass is 10.0. The van der Waals surface area contributed by atoms with E-state index < -0.39 is 0 Å². The second-order valence-electron chi connectivity index (χ2n) is 6.94. The Labute approximate surface area is 204 Å². The van der Waals surface area contributed by atoms with E-state index in [2.05, 4.69) is 32.4 Å². The van der Waals surface area contributed by atoms with Gasteiger partial charge in [0.1, 0.15) is 5.01 Å². The number of aromatic nitrogens is 1. The fourth-order valence-corrected chi connectivity index (χ4v) is 4.39. The van der Waals surface area contributed by atoms with Crippen molar-refractivity contribution in [1.29, 1.82) is 0 Å². The van der Waals surface area contributed by atoms with Crippen LogP contribution in [0.25, 0.3) is 0 Å². The van der Waals surface area contributed by atoms with Crippen LogP contribution in [-0.4, -0.2) is 42.0 Å². The standard InChI is InChI=1S/C20H27Cl2N5S.HI/c1-3-16-11-24-19(28-16)12-25-20(23-2)26-15-6-8-27(9-7-15)13-14-4-5-17(21)18(22)10-14;/h4-5,10-11,15H,3,6-9,12-13H2,1-2H3,(H2,23,25,26);1H. The minimum absolute atomic E-state index is 0. The molecule has 2 N–H and O–H groups in total. The Morgan fingerprint density at radius 2 is 2.03 bits per heavy atom. The molecule has 29 heavy (non-hydrogen) atoms. The second-order valence-corrected chi connectivity index (χ2v) is 8.96. The van der Waals surface area contributed by atoms with Gasteiger partial charge in [0.2, 0.25) is 0 Å². The molecule has 0 unspecified atom stereocenters. The molecule has 1 aromatic heterocycles. The van der Waals surface area contributed by atoms with E-state index in [4.69, 9.17) is 23.2 Å². The zero-order valence-electron chi connectivity index (χ0n) is 16.8. The summed E-state index contributed by atoms with van der Waals surface area (Å²) < 4.78 is 0. The highest BCUT2D eigenvalue weighted by molar-refractivity contribution is 14.0. The number of guanidine groups is 1. The van der Waals surface area contributed by atoms with Crippen molar-refractivity contribution in [2.75, 3.05) is 20.1 Å². The van der Waals surface area contributed by atoms with Crippen LogP contribution in [0.3, 0.4) is 0 Å². The van der Waals surface area contributed by atoms with Gasteiger partial charge in [-0.05, 0) is 37.0 Å². The Kier molecular flexibility index (Phi) is 10.5. The van der Waals surface area contributed by atoms with E-state index in [1.807, 2.05) is 31.4 Å². The quantitative estimate of drug-likeness (QED) is 0.294. The Hall–Kier alpha value is -0.610. The molecule has 5 nitrogen and oxygen atoms in total. The van der Waals surface area contributed by atoms with Crippen LogP contribution < -0.4 is 10.6 Å². The summed E-state index contributed by atoms with van der Waals surface area (Å²) in [6, 6.07) is 6.31. The fraction of sp³-hybridized carbons (Fsp3) is 0.500. The third kappa shape index (κ3) is 7.54. The van der Waals surface area contributed by atoms with E-state index in [-0.39, 0.29) is 24.0 Å². The summed E-state index contributed by atoms with van der Waals surface area (Å²) in [5, 5.41) is 9.25. The maximum atomic E-state index is 6.13. The molecule has 0 atom stereocenters. The van der Waals surface area contributed by atoms with E-state index in [0.29, 0.717) is 22.6 Å². The Balaban J connectivity index is 0.00000300. The minimum atomic E-state index is 0. The number of hydrogen-bond donors (Lipinski definition) is 2. The van der Waals surface area contributed by atoms with E-state index in [1.165, 1.54) is 10.4 Å². The normalized spacial score (nSPS) is 15.8. The Morgan fingerprint density at radius 1 is 1.28 bits per heavy atom. The molecule has 0 amide bonds. The van der Waals surface area contributed by atoms with Gasteiger partial charge in [0.05, 0.1) is 16.6 Å². The first kappa shape index (κ1) is 24.7. The highest BCUT2D eigenvalue weighted by Gasteiger charge is 2.20. The molecule has 0 aliphatic carbocycles. The van der Waals surface area contributed by atoms with Gasteiger partial charge in [0, 0.05) is 43.8 Å². The molecule has 2 heterocycles. The van der Waals surface area contributed by atoms with Crippen molar-refractivity contribution in [3.05, 3.63) is 49.9 Å². The number of thiazole rings is 1. The summed E-state index contributed by atoms with van der Waals surface area (Å²) in [4.78, 5) is 12.6. The molecule has 9 heteroatoms. The van der Waals surface area contributed by atoms with Gasteiger partial charge >= 0.3 is 0 Å². The highest BCUT2D eigenvalue weighted by Crippen LogP contribution is 2.24. The summed E-state index contributed by atoms with van der Waals surface area (Å²) in [6.07, 6.45) is 5.16. The topological polar surface area (TPSA) is 52.6 Å². The van der Waals surface area contributed by atoms with Crippen molar-refractivity contribution in [3.63, 3.8) is 0 Å². The molecule has 1 aliphatic rings. The number of piperidine rings is 1. The zero-order valence-corrected chi connectivity index (χ0v) is 21.4. The largest absolute Gasteiger partial charge is 0.354 e. The maximum absolute atomic E-state index is 6.13. The number of aliphatic imine (C=N–C) groups is 1. The minimum Gasteiger partial charge on any atom is -0.354 e. The maximum Gasteiger partial charge on any atom is 0.191 e. The number of likely N-dealkylation sites (tertiary alicyclic amines) is 1. The predicted molar refractivity (Wildman–Crippen MR) is 135 cm³/mol. The van der Waals surface area contributed by atoms with E-state index in [9.17, 15) is 0 Å². The summed E-state index contributed by atoms with van der Waals surface area (Å²) in [6.45, 7) is 5.85. The average molecular weight is 568 g/mol. The monoisotopic (exact) mass is 567 g/mol. The predicted octanol–water partition coefficient (Wildman–Crippen LogP) is 4.96. The number of aryl methyl sites for hydroxylation is 1. The van der Waals surface area contributed by atoms with Crippen LogP contribution in [0.5, 0.6) is 0 Å². The van der Waals surface area contributed by atoms with Crippen LogP contribution in [0.4, 0.5) is 0 Å². The molecule has 160 valence electrons. The Morgan fingerprint density at radius 3 is 2.66 bits per heavy atom. The van der Waals surface area contributed by atoms with E-state index in [1.54, 1.807) is 11.3 Å². The summed E-state index contributed by atoms with van der Waals surface area (Å²) in [5.41, 5.74) is 1.20. The van der Waals surface area contributed by atoms with Crippen molar-refractivity contribution in [3.8, 4) is 0 Å². The average Bonchev–Trinajstić information content (AvgIpc) is 3.17. The zero-order chi connectivity index (χ0) is 19.9. The number of nitrogens with zero attached hydrogens (tertiary/aromatic N) is 3. The highest BCUT2D eigenvalue weighted by atomic mass is 127. The molecule has 1 aliphatic heterocycles. The number of rotatable bonds is 6. The Bertz CT molecular complexity index is 806.